The molecular formula is C21H25NO. The van der Waals surface area contributed by atoms with Gasteiger partial charge in [-0.2, -0.15) is 0 Å². The molecule has 120 valence electrons. The highest BCUT2D eigenvalue weighted by Gasteiger charge is 2.33. The minimum Gasteiger partial charge on any atom is -0.299 e. The largest absolute Gasteiger partial charge is 0.299 e. The molecule has 2 aromatic rings. The van der Waals surface area contributed by atoms with E-state index in [-0.39, 0.29) is 5.92 Å². The van der Waals surface area contributed by atoms with Gasteiger partial charge in [-0.05, 0) is 49.7 Å². The lowest BCUT2D eigenvalue weighted by Gasteiger charge is -2.17. The minimum absolute atomic E-state index is 0.237. The Hall–Kier alpha value is -1.96. The third kappa shape index (κ3) is 3.69. The lowest BCUT2D eigenvalue weighted by Crippen LogP contribution is -2.14. The SMILES string of the molecule is CC/C=C\CC1C(=O)CCC1CCc1cccc2cccnc12. The molecule has 1 aliphatic carbocycles. The van der Waals surface area contributed by atoms with E-state index in [1.165, 1.54) is 10.9 Å². The summed E-state index contributed by atoms with van der Waals surface area (Å²) in [5.41, 5.74) is 2.42. The Bertz CT molecular complexity index is 699. The van der Waals surface area contributed by atoms with Gasteiger partial charge in [-0.15, -0.1) is 0 Å². The maximum atomic E-state index is 12.2. The molecule has 2 atom stereocenters. The van der Waals surface area contributed by atoms with E-state index >= 15 is 0 Å². The maximum absolute atomic E-state index is 12.2. The average Bonchev–Trinajstić information content (AvgIpc) is 2.93. The van der Waals surface area contributed by atoms with Crippen LogP contribution in [0.1, 0.15) is 44.6 Å². The Morgan fingerprint density at radius 2 is 2.09 bits per heavy atom. The second-order valence-corrected chi connectivity index (χ2v) is 6.52. The van der Waals surface area contributed by atoms with Gasteiger partial charge in [0, 0.05) is 23.9 Å². The predicted octanol–water partition coefficient (Wildman–Crippen LogP) is 5.12. The summed E-state index contributed by atoms with van der Waals surface area (Å²) in [6, 6.07) is 10.5. The topological polar surface area (TPSA) is 30.0 Å². The molecule has 1 saturated carbocycles. The summed E-state index contributed by atoms with van der Waals surface area (Å²) in [7, 11) is 0. The van der Waals surface area contributed by atoms with Crippen molar-refractivity contribution in [3.63, 3.8) is 0 Å². The number of ketones is 1. The van der Waals surface area contributed by atoms with Crippen molar-refractivity contribution in [2.45, 2.75) is 45.4 Å². The standard InChI is InChI=1S/C21H25NO/c1-2-3-4-10-19-16(13-14-20(19)23)11-12-18-8-5-7-17-9-6-15-22-21(17)18/h3-9,15-16,19H,2,10-14H2,1H3/b4-3-. The summed E-state index contributed by atoms with van der Waals surface area (Å²) in [5, 5.41) is 1.20. The van der Waals surface area contributed by atoms with Gasteiger partial charge >= 0.3 is 0 Å². The molecule has 23 heavy (non-hydrogen) atoms. The molecule has 0 radical (unpaired) electrons. The first-order chi connectivity index (χ1) is 11.3. The zero-order chi connectivity index (χ0) is 16.1. The Labute approximate surface area is 138 Å². The van der Waals surface area contributed by atoms with Crippen molar-refractivity contribution in [2.75, 3.05) is 0 Å². The molecule has 2 nitrogen and oxygen atoms in total. The lowest BCUT2D eigenvalue weighted by molar-refractivity contribution is -0.121. The average molecular weight is 307 g/mol. The van der Waals surface area contributed by atoms with Crippen LogP contribution in [0.4, 0.5) is 0 Å². The number of hydrogen-bond acceptors (Lipinski definition) is 2. The van der Waals surface area contributed by atoms with Gasteiger partial charge in [0.05, 0.1) is 5.52 Å². The molecule has 0 saturated heterocycles. The van der Waals surface area contributed by atoms with E-state index in [0.717, 1.165) is 44.0 Å². The first kappa shape index (κ1) is 15.9. The van der Waals surface area contributed by atoms with Gasteiger partial charge < -0.3 is 0 Å². The second-order valence-electron chi connectivity index (χ2n) is 6.52. The van der Waals surface area contributed by atoms with E-state index in [2.05, 4.69) is 48.3 Å². The molecular weight excluding hydrogens is 282 g/mol. The van der Waals surface area contributed by atoms with Crippen LogP contribution in [0.5, 0.6) is 0 Å². The van der Waals surface area contributed by atoms with Crippen molar-refractivity contribution in [3.8, 4) is 0 Å². The Morgan fingerprint density at radius 3 is 2.96 bits per heavy atom. The molecule has 1 heterocycles. The first-order valence-electron chi connectivity index (χ1n) is 8.80. The van der Waals surface area contributed by atoms with Gasteiger partial charge in [0.15, 0.2) is 0 Å². The Kier molecular flexibility index (Phi) is 5.22. The molecule has 1 aromatic heterocycles. The zero-order valence-electron chi connectivity index (χ0n) is 13.9. The Morgan fingerprint density at radius 1 is 1.22 bits per heavy atom. The van der Waals surface area contributed by atoms with Crippen molar-refractivity contribution in [3.05, 3.63) is 54.2 Å². The number of pyridine rings is 1. The highest BCUT2D eigenvalue weighted by Crippen LogP contribution is 2.35. The number of carbonyl (C=O) groups is 1. The van der Waals surface area contributed by atoms with Crippen LogP contribution < -0.4 is 0 Å². The van der Waals surface area contributed by atoms with E-state index < -0.39 is 0 Å². The number of aryl methyl sites for hydroxylation is 1. The van der Waals surface area contributed by atoms with Crippen LogP contribution in [0, 0.1) is 11.8 Å². The van der Waals surface area contributed by atoms with Crippen LogP contribution in [-0.2, 0) is 11.2 Å². The summed E-state index contributed by atoms with van der Waals surface area (Å²) < 4.78 is 0. The van der Waals surface area contributed by atoms with E-state index in [1.807, 2.05) is 12.3 Å². The number of hydrogen-bond donors (Lipinski definition) is 0. The van der Waals surface area contributed by atoms with Crippen LogP contribution in [-0.4, -0.2) is 10.8 Å². The van der Waals surface area contributed by atoms with Gasteiger partial charge in [0.1, 0.15) is 5.78 Å². The fraction of sp³-hybridized carbons (Fsp3) is 0.429. The molecule has 0 bridgehead atoms. The lowest BCUT2D eigenvalue weighted by atomic mass is 9.87. The number of fused-ring (bicyclic) bond motifs is 1. The first-order valence-corrected chi connectivity index (χ1v) is 8.80. The van der Waals surface area contributed by atoms with E-state index in [1.54, 1.807) is 0 Å². The molecule has 0 amide bonds. The second kappa shape index (κ2) is 7.54. The van der Waals surface area contributed by atoms with Crippen LogP contribution in [0.2, 0.25) is 0 Å². The molecule has 2 unspecified atom stereocenters. The number of carbonyl (C=O) groups excluding carboxylic acids is 1. The van der Waals surface area contributed by atoms with Crippen LogP contribution in [0.3, 0.4) is 0 Å². The summed E-state index contributed by atoms with van der Waals surface area (Å²) in [6.07, 6.45) is 12.1. The van der Waals surface area contributed by atoms with Crippen LogP contribution in [0.15, 0.2) is 48.7 Å². The molecule has 1 fully saturated rings. The highest BCUT2D eigenvalue weighted by molar-refractivity contribution is 5.83. The number of nitrogens with zero attached hydrogens (tertiary/aromatic N) is 1. The number of aromatic nitrogens is 1. The van der Waals surface area contributed by atoms with E-state index in [9.17, 15) is 4.79 Å². The van der Waals surface area contributed by atoms with Crippen molar-refractivity contribution in [2.24, 2.45) is 11.8 Å². The van der Waals surface area contributed by atoms with Gasteiger partial charge in [-0.1, -0.05) is 43.3 Å². The number of benzene rings is 1. The van der Waals surface area contributed by atoms with Crippen molar-refractivity contribution in [1.29, 1.82) is 0 Å². The fourth-order valence-corrected chi connectivity index (χ4v) is 3.77. The monoisotopic (exact) mass is 307 g/mol. The minimum atomic E-state index is 0.237. The third-order valence-corrected chi connectivity index (χ3v) is 5.04. The molecule has 3 rings (SSSR count). The molecule has 0 N–H and O–H groups in total. The molecule has 1 aliphatic rings. The molecule has 0 spiro atoms. The predicted molar refractivity (Wildman–Crippen MR) is 95.3 cm³/mol. The van der Waals surface area contributed by atoms with Gasteiger partial charge in [0.25, 0.3) is 0 Å². The van der Waals surface area contributed by atoms with Gasteiger partial charge in [-0.25, -0.2) is 0 Å². The molecule has 0 aliphatic heterocycles. The maximum Gasteiger partial charge on any atom is 0.136 e. The van der Waals surface area contributed by atoms with E-state index in [0.29, 0.717) is 11.7 Å². The third-order valence-electron chi connectivity index (χ3n) is 5.04. The quantitative estimate of drug-likeness (QED) is 0.693. The number of rotatable bonds is 6. The molecule has 2 heteroatoms. The van der Waals surface area contributed by atoms with Crippen LogP contribution >= 0.6 is 0 Å². The van der Waals surface area contributed by atoms with Crippen LogP contribution in [0.25, 0.3) is 10.9 Å². The summed E-state index contributed by atoms with van der Waals surface area (Å²) in [6.45, 7) is 2.14. The van der Waals surface area contributed by atoms with Gasteiger partial charge in [-0.3, -0.25) is 9.78 Å². The number of para-hydroxylation sites is 1. The number of allylic oxidation sites excluding steroid dienone is 2. The summed E-state index contributed by atoms with van der Waals surface area (Å²) >= 11 is 0. The number of Topliss-reactive ketones (excluding diaryl/α,β-unsaturated/α-hetero) is 1. The fourth-order valence-electron chi connectivity index (χ4n) is 3.77. The van der Waals surface area contributed by atoms with Crippen molar-refractivity contribution >= 4 is 16.7 Å². The van der Waals surface area contributed by atoms with Gasteiger partial charge in [0.2, 0.25) is 0 Å². The molecule has 1 aromatic carbocycles. The van der Waals surface area contributed by atoms with Crippen molar-refractivity contribution < 1.29 is 4.79 Å². The summed E-state index contributed by atoms with van der Waals surface area (Å²) in [4.78, 5) is 16.7. The van der Waals surface area contributed by atoms with Crippen molar-refractivity contribution in [1.82, 2.24) is 4.98 Å². The smallest absolute Gasteiger partial charge is 0.136 e. The van der Waals surface area contributed by atoms with E-state index in [4.69, 9.17) is 0 Å². The normalized spacial score (nSPS) is 21.5. The Balaban J connectivity index is 1.69. The highest BCUT2D eigenvalue weighted by atomic mass is 16.1. The summed E-state index contributed by atoms with van der Waals surface area (Å²) in [5.74, 6) is 1.23. The zero-order valence-corrected chi connectivity index (χ0v) is 13.9.